The number of carbonyl (C=O) groups excluding carboxylic acids is 1. The molecule has 1 saturated heterocycles. The molecule has 1 aliphatic rings. The fourth-order valence-corrected chi connectivity index (χ4v) is 3.01. The van der Waals surface area contributed by atoms with Crippen molar-refractivity contribution in [2.75, 3.05) is 13.2 Å². The van der Waals surface area contributed by atoms with Gasteiger partial charge in [-0.1, -0.05) is 13.3 Å². The van der Waals surface area contributed by atoms with Crippen LogP contribution in [0.5, 0.6) is 0 Å². The molecule has 2 atom stereocenters. The van der Waals surface area contributed by atoms with Gasteiger partial charge in [0, 0.05) is 6.54 Å². The lowest BCUT2D eigenvalue weighted by molar-refractivity contribution is -0.142. The van der Waals surface area contributed by atoms with Crippen LogP contribution in [0.1, 0.15) is 43.7 Å². The molecule has 8 heteroatoms. The summed E-state index contributed by atoms with van der Waals surface area (Å²) in [6.45, 7) is 3.24. The zero-order valence-electron chi connectivity index (χ0n) is 11.4. The number of nitrogens with zero attached hydrogens (tertiary/aromatic N) is 3. The molecular formula is C12H19ClN4O2S. The van der Waals surface area contributed by atoms with Gasteiger partial charge in [0.05, 0.1) is 18.7 Å². The second-order valence-corrected chi connectivity index (χ2v) is 5.87. The number of hydrogen-bond donors (Lipinski definition) is 1. The molecule has 1 aromatic rings. The molecule has 1 aromatic heterocycles. The molecular weight excluding hydrogens is 300 g/mol. The Labute approximate surface area is 127 Å². The van der Waals surface area contributed by atoms with E-state index in [0.717, 1.165) is 30.7 Å². The zero-order valence-corrected chi connectivity index (χ0v) is 13.0. The van der Waals surface area contributed by atoms with Gasteiger partial charge in [0.2, 0.25) is 0 Å². The van der Waals surface area contributed by atoms with Crippen molar-refractivity contribution in [1.82, 2.24) is 19.7 Å². The van der Waals surface area contributed by atoms with Crippen molar-refractivity contribution in [1.29, 1.82) is 0 Å². The minimum absolute atomic E-state index is 0.0268. The smallest absolute Gasteiger partial charge is 0.306 e. The highest BCUT2D eigenvalue weighted by atomic mass is 35.5. The zero-order chi connectivity index (χ0) is 14.4. The summed E-state index contributed by atoms with van der Waals surface area (Å²) in [7, 11) is 0. The maximum atomic E-state index is 11.5. The van der Waals surface area contributed by atoms with E-state index in [4.69, 9.17) is 16.4 Å². The first kappa shape index (κ1) is 15.6. The van der Waals surface area contributed by atoms with Gasteiger partial charge in [-0.15, -0.1) is 0 Å². The van der Waals surface area contributed by atoms with Gasteiger partial charge in [0.25, 0.3) is 0 Å². The van der Waals surface area contributed by atoms with Gasteiger partial charge in [-0.25, -0.2) is 10.0 Å². The lowest BCUT2D eigenvalue weighted by Crippen LogP contribution is -2.48. The average molecular weight is 319 g/mol. The molecule has 6 nitrogen and oxygen atoms in total. The number of nitrogens with one attached hydrogen (secondary N) is 1. The molecule has 112 valence electrons. The summed E-state index contributed by atoms with van der Waals surface area (Å²) in [6.07, 6.45) is 5.22. The molecule has 1 fully saturated rings. The first-order valence-electron chi connectivity index (χ1n) is 6.84. The van der Waals surface area contributed by atoms with Gasteiger partial charge in [0.1, 0.15) is 11.3 Å². The molecule has 0 spiro atoms. The number of hydrogen-bond acceptors (Lipinski definition) is 6. The summed E-state index contributed by atoms with van der Waals surface area (Å²) in [4.78, 5) is 21.2. The number of aromatic nitrogens is 2. The quantitative estimate of drug-likeness (QED) is 0.378. The predicted molar refractivity (Wildman–Crippen MR) is 77.6 cm³/mol. The van der Waals surface area contributed by atoms with Crippen molar-refractivity contribution in [3.63, 3.8) is 0 Å². The van der Waals surface area contributed by atoms with Crippen LogP contribution < -0.4 is 5.32 Å². The largest absolute Gasteiger partial charge is 0.340 e. The van der Waals surface area contributed by atoms with Crippen molar-refractivity contribution in [2.45, 2.75) is 44.7 Å². The van der Waals surface area contributed by atoms with Gasteiger partial charge in [-0.2, -0.15) is 4.37 Å². The van der Waals surface area contributed by atoms with Crippen LogP contribution >= 0.6 is 23.1 Å². The molecule has 2 rings (SSSR count). The SMILES string of the molecule is CCCCON(C(=O)Cl)[C@@H]1CC[C@@H](c2ncns2)NC1. The minimum Gasteiger partial charge on any atom is -0.306 e. The van der Waals surface area contributed by atoms with Crippen molar-refractivity contribution in [3.8, 4) is 0 Å². The standard InChI is InChI=1S/C12H19ClN4O2S/c1-2-3-6-19-17(12(13)18)9-4-5-10(14-7-9)11-15-8-16-20-11/h8-10,14H,2-7H2,1H3/t9-,10+/m1/s1. The Hall–Kier alpha value is -0.760. The molecule has 1 aliphatic heterocycles. The van der Waals surface area contributed by atoms with Crippen LogP contribution in [0.2, 0.25) is 0 Å². The van der Waals surface area contributed by atoms with Crippen LogP contribution in [-0.2, 0) is 4.84 Å². The summed E-state index contributed by atoms with van der Waals surface area (Å²) in [5.41, 5.74) is 0. The Kier molecular flexibility index (Phi) is 6.15. The van der Waals surface area contributed by atoms with Crippen LogP contribution in [0.4, 0.5) is 4.79 Å². The van der Waals surface area contributed by atoms with Crippen LogP contribution in [0, 0.1) is 0 Å². The van der Waals surface area contributed by atoms with E-state index in [1.807, 2.05) is 0 Å². The fourth-order valence-electron chi connectivity index (χ4n) is 2.19. The Bertz CT molecular complexity index is 410. The summed E-state index contributed by atoms with van der Waals surface area (Å²) in [5.74, 6) is 0. The molecule has 2 heterocycles. The molecule has 0 saturated carbocycles. The summed E-state index contributed by atoms with van der Waals surface area (Å²) in [5, 5.41) is 5.11. The maximum Gasteiger partial charge on any atom is 0.340 e. The normalized spacial score (nSPS) is 22.7. The minimum atomic E-state index is -0.553. The second kappa shape index (κ2) is 7.87. The number of unbranched alkanes of at least 4 members (excludes halogenated alkanes) is 1. The highest BCUT2D eigenvalue weighted by Gasteiger charge is 2.30. The predicted octanol–water partition coefficient (Wildman–Crippen LogP) is 2.72. The molecule has 0 aliphatic carbocycles. The molecule has 0 radical (unpaired) electrons. The Morgan fingerprint density at radius 1 is 1.65 bits per heavy atom. The van der Waals surface area contributed by atoms with Crippen LogP contribution in [0.3, 0.4) is 0 Å². The average Bonchev–Trinajstić information content (AvgIpc) is 2.98. The Balaban J connectivity index is 1.85. The van der Waals surface area contributed by atoms with Gasteiger partial charge < -0.3 is 5.32 Å². The topological polar surface area (TPSA) is 67.3 Å². The summed E-state index contributed by atoms with van der Waals surface area (Å²) in [6, 6.07) is 0.183. The molecule has 0 aromatic carbocycles. The van der Waals surface area contributed by atoms with E-state index in [-0.39, 0.29) is 12.1 Å². The van der Waals surface area contributed by atoms with E-state index >= 15 is 0 Å². The third-order valence-electron chi connectivity index (χ3n) is 3.30. The third kappa shape index (κ3) is 4.12. The monoisotopic (exact) mass is 318 g/mol. The van der Waals surface area contributed by atoms with E-state index in [1.54, 1.807) is 6.33 Å². The Morgan fingerprint density at radius 2 is 2.50 bits per heavy atom. The second-order valence-electron chi connectivity index (χ2n) is 4.74. The van der Waals surface area contributed by atoms with Crippen LogP contribution in [0.25, 0.3) is 0 Å². The first-order chi connectivity index (χ1) is 9.72. The highest BCUT2D eigenvalue weighted by Crippen LogP contribution is 2.26. The fraction of sp³-hybridized carbons (Fsp3) is 0.750. The lowest BCUT2D eigenvalue weighted by atomic mass is 10.0. The number of hydroxylamine groups is 2. The molecule has 1 amide bonds. The van der Waals surface area contributed by atoms with Crippen molar-refractivity contribution >= 4 is 28.5 Å². The number of amides is 1. The van der Waals surface area contributed by atoms with Crippen molar-refractivity contribution in [2.24, 2.45) is 0 Å². The van der Waals surface area contributed by atoms with Gasteiger partial charge in [0.15, 0.2) is 0 Å². The van der Waals surface area contributed by atoms with Crippen molar-refractivity contribution in [3.05, 3.63) is 11.3 Å². The molecule has 20 heavy (non-hydrogen) atoms. The van der Waals surface area contributed by atoms with Gasteiger partial charge >= 0.3 is 5.37 Å². The third-order valence-corrected chi connectivity index (χ3v) is 4.24. The maximum absolute atomic E-state index is 11.5. The van der Waals surface area contributed by atoms with E-state index in [2.05, 4.69) is 21.6 Å². The number of halogens is 1. The van der Waals surface area contributed by atoms with E-state index in [0.29, 0.717) is 13.2 Å². The van der Waals surface area contributed by atoms with E-state index in [9.17, 15) is 4.79 Å². The van der Waals surface area contributed by atoms with Gasteiger partial charge in [-0.05, 0) is 42.4 Å². The number of rotatable bonds is 6. The Morgan fingerprint density at radius 3 is 3.05 bits per heavy atom. The van der Waals surface area contributed by atoms with Crippen LogP contribution in [-0.4, -0.2) is 39.0 Å². The number of carbonyl (C=O) groups is 1. The first-order valence-corrected chi connectivity index (χ1v) is 7.99. The summed E-state index contributed by atoms with van der Waals surface area (Å²) >= 11 is 7.01. The van der Waals surface area contributed by atoms with Gasteiger partial charge in [-0.3, -0.25) is 9.63 Å². The molecule has 0 unspecified atom stereocenters. The highest BCUT2D eigenvalue weighted by molar-refractivity contribution is 7.05. The van der Waals surface area contributed by atoms with Crippen LogP contribution in [0.15, 0.2) is 6.33 Å². The van der Waals surface area contributed by atoms with E-state index < -0.39 is 5.37 Å². The van der Waals surface area contributed by atoms with E-state index in [1.165, 1.54) is 16.6 Å². The summed E-state index contributed by atoms with van der Waals surface area (Å²) < 4.78 is 4.01. The molecule has 1 N–H and O–H groups in total. The molecule has 0 bridgehead atoms. The van der Waals surface area contributed by atoms with Crippen molar-refractivity contribution < 1.29 is 9.63 Å². The number of piperidine rings is 1. The lowest BCUT2D eigenvalue weighted by Gasteiger charge is -2.34.